The second-order valence-corrected chi connectivity index (χ2v) is 5.04. The van der Waals surface area contributed by atoms with E-state index >= 15 is 0 Å². The summed E-state index contributed by atoms with van der Waals surface area (Å²) in [7, 11) is 0. The van der Waals surface area contributed by atoms with Crippen molar-refractivity contribution in [2.45, 2.75) is 32.7 Å². The minimum Gasteiger partial charge on any atom is -0.398 e. The van der Waals surface area contributed by atoms with Crippen molar-refractivity contribution in [2.75, 3.05) is 5.73 Å². The Labute approximate surface area is 106 Å². The van der Waals surface area contributed by atoms with Crippen molar-refractivity contribution in [3.05, 3.63) is 23.8 Å². The molecule has 2 aromatic rings. The molecule has 0 aliphatic heterocycles. The van der Waals surface area contributed by atoms with Crippen molar-refractivity contribution >= 4 is 5.69 Å². The first-order chi connectivity index (χ1) is 8.68. The highest BCUT2D eigenvalue weighted by molar-refractivity contribution is 5.67. The van der Waals surface area contributed by atoms with Gasteiger partial charge in [-0.25, -0.2) is 4.68 Å². The number of hydrogen-bond acceptors (Lipinski definition) is 4. The maximum atomic E-state index is 5.95. The van der Waals surface area contributed by atoms with Gasteiger partial charge in [0.25, 0.3) is 0 Å². The lowest BCUT2D eigenvalue weighted by atomic mass is 10.1. The van der Waals surface area contributed by atoms with E-state index in [-0.39, 0.29) is 0 Å². The molecule has 18 heavy (non-hydrogen) atoms. The maximum absolute atomic E-state index is 5.95. The Bertz CT molecular complexity index is 571. The molecule has 2 N–H and O–H groups in total. The molecule has 0 bridgehead atoms. The number of anilines is 1. The number of nitrogen functional groups attached to an aromatic ring is 1. The van der Waals surface area contributed by atoms with E-state index in [4.69, 9.17) is 5.73 Å². The van der Waals surface area contributed by atoms with Gasteiger partial charge in [-0.2, -0.15) is 0 Å². The summed E-state index contributed by atoms with van der Waals surface area (Å²) >= 11 is 0. The second-order valence-electron chi connectivity index (χ2n) is 5.04. The van der Waals surface area contributed by atoms with Crippen LogP contribution in [0.5, 0.6) is 0 Å². The Morgan fingerprint density at radius 1 is 1.39 bits per heavy atom. The lowest BCUT2D eigenvalue weighted by Gasteiger charge is -2.13. The zero-order valence-electron chi connectivity index (χ0n) is 10.7. The van der Waals surface area contributed by atoms with Gasteiger partial charge in [0.15, 0.2) is 5.82 Å². The Balaban J connectivity index is 2.06. The predicted octanol–water partition coefficient (Wildman–Crippen LogP) is 2.20. The van der Waals surface area contributed by atoms with Crippen LogP contribution in [-0.2, 0) is 0 Å². The molecule has 0 saturated heterocycles. The molecule has 0 radical (unpaired) electrons. The van der Waals surface area contributed by atoms with Crippen LogP contribution >= 0.6 is 0 Å². The minimum absolute atomic E-state index is 0.357. The predicted molar refractivity (Wildman–Crippen MR) is 69.8 cm³/mol. The third-order valence-electron chi connectivity index (χ3n) is 3.80. The van der Waals surface area contributed by atoms with Gasteiger partial charge >= 0.3 is 0 Å². The van der Waals surface area contributed by atoms with Crippen molar-refractivity contribution in [1.82, 2.24) is 20.2 Å². The number of hydrogen-bond donors (Lipinski definition) is 1. The monoisotopic (exact) mass is 243 g/mol. The number of nitrogens with two attached hydrogens (primary N) is 1. The maximum Gasteiger partial charge on any atom is 0.182 e. The molecule has 5 heteroatoms. The fraction of sp³-hybridized carbons (Fsp3) is 0.462. The number of rotatable bonds is 3. The average Bonchev–Trinajstić information content (AvgIpc) is 3.10. The highest BCUT2D eigenvalue weighted by Gasteiger charge is 2.31. The number of tetrazole rings is 1. The summed E-state index contributed by atoms with van der Waals surface area (Å²) in [5.74, 6) is 1.54. The van der Waals surface area contributed by atoms with Crippen LogP contribution < -0.4 is 5.73 Å². The summed E-state index contributed by atoms with van der Waals surface area (Å²) in [6.45, 7) is 4.19. The van der Waals surface area contributed by atoms with E-state index < -0.39 is 0 Å². The molecule has 1 unspecified atom stereocenters. The van der Waals surface area contributed by atoms with E-state index in [9.17, 15) is 0 Å². The molecule has 1 heterocycles. The first-order valence-electron chi connectivity index (χ1n) is 6.32. The van der Waals surface area contributed by atoms with Gasteiger partial charge in [-0.1, -0.05) is 12.1 Å². The van der Waals surface area contributed by atoms with Gasteiger partial charge in [0.1, 0.15) is 0 Å². The molecule has 3 rings (SSSR count). The first kappa shape index (κ1) is 11.2. The molecular formula is C13H17N5. The lowest BCUT2D eigenvalue weighted by molar-refractivity contribution is 0.433. The summed E-state index contributed by atoms with van der Waals surface area (Å²) in [6, 6.07) is 6.22. The molecule has 1 aliphatic rings. The number of nitrogens with zero attached hydrogens (tertiary/aromatic N) is 4. The van der Waals surface area contributed by atoms with Crippen LogP contribution in [0.1, 0.15) is 31.4 Å². The van der Waals surface area contributed by atoms with E-state index in [0.29, 0.717) is 12.0 Å². The fourth-order valence-corrected chi connectivity index (χ4v) is 2.32. The molecule has 1 fully saturated rings. The highest BCUT2D eigenvalue weighted by atomic mass is 15.5. The van der Waals surface area contributed by atoms with Gasteiger partial charge in [0, 0.05) is 11.3 Å². The molecule has 1 saturated carbocycles. The fourth-order valence-electron chi connectivity index (χ4n) is 2.32. The van der Waals surface area contributed by atoms with Crippen molar-refractivity contribution in [3.8, 4) is 11.4 Å². The zero-order valence-corrected chi connectivity index (χ0v) is 10.7. The van der Waals surface area contributed by atoms with Crippen LogP contribution in [0.2, 0.25) is 0 Å². The molecule has 0 amide bonds. The molecular weight excluding hydrogens is 226 g/mol. The summed E-state index contributed by atoms with van der Waals surface area (Å²) in [5.41, 5.74) is 8.79. The van der Waals surface area contributed by atoms with Crippen LogP contribution in [0.4, 0.5) is 5.69 Å². The van der Waals surface area contributed by atoms with Crippen LogP contribution in [0.3, 0.4) is 0 Å². The van der Waals surface area contributed by atoms with Crippen LogP contribution in [-0.4, -0.2) is 20.2 Å². The highest BCUT2D eigenvalue weighted by Crippen LogP contribution is 2.40. The summed E-state index contributed by atoms with van der Waals surface area (Å²) < 4.78 is 1.93. The van der Waals surface area contributed by atoms with E-state index in [1.165, 1.54) is 12.8 Å². The normalized spacial score (nSPS) is 16.8. The molecule has 1 atom stereocenters. The van der Waals surface area contributed by atoms with E-state index in [0.717, 1.165) is 22.6 Å². The standard InChI is InChI=1S/C13H17N5/c1-8-11(4-3-5-12(8)14)13-15-16-17-18(13)9(2)10-6-7-10/h3-5,9-10H,6-7,14H2,1-2H3. The van der Waals surface area contributed by atoms with Gasteiger partial charge in [-0.15, -0.1) is 5.10 Å². The minimum atomic E-state index is 0.357. The summed E-state index contributed by atoms with van der Waals surface area (Å²) in [4.78, 5) is 0. The van der Waals surface area contributed by atoms with Crippen LogP contribution in [0, 0.1) is 12.8 Å². The van der Waals surface area contributed by atoms with Gasteiger partial charge in [-0.05, 0) is 54.7 Å². The van der Waals surface area contributed by atoms with Gasteiger partial charge < -0.3 is 5.73 Å². The zero-order chi connectivity index (χ0) is 12.7. The van der Waals surface area contributed by atoms with Gasteiger partial charge in [0.2, 0.25) is 0 Å². The van der Waals surface area contributed by atoms with Crippen molar-refractivity contribution < 1.29 is 0 Å². The SMILES string of the molecule is Cc1c(N)cccc1-c1nnnn1C(C)C1CC1. The number of benzene rings is 1. The molecule has 1 aromatic carbocycles. The third kappa shape index (κ3) is 1.75. The van der Waals surface area contributed by atoms with Crippen molar-refractivity contribution in [1.29, 1.82) is 0 Å². The Kier molecular flexibility index (Phi) is 2.54. The molecule has 1 aromatic heterocycles. The molecule has 5 nitrogen and oxygen atoms in total. The lowest BCUT2D eigenvalue weighted by Crippen LogP contribution is -2.11. The summed E-state index contributed by atoms with van der Waals surface area (Å²) in [6.07, 6.45) is 2.55. The van der Waals surface area contributed by atoms with E-state index in [1.54, 1.807) is 0 Å². The van der Waals surface area contributed by atoms with Crippen LogP contribution in [0.15, 0.2) is 18.2 Å². The molecule has 94 valence electrons. The third-order valence-corrected chi connectivity index (χ3v) is 3.80. The van der Waals surface area contributed by atoms with Crippen molar-refractivity contribution in [2.24, 2.45) is 5.92 Å². The summed E-state index contributed by atoms with van der Waals surface area (Å²) in [5, 5.41) is 12.1. The molecule has 0 spiro atoms. The first-order valence-corrected chi connectivity index (χ1v) is 6.32. The Hall–Kier alpha value is -1.91. The van der Waals surface area contributed by atoms with Gasteiger partial charge in [0.05, 0.1) is 6.04 Å². The quantitative estimate of drug-likeness (QED) is 0.839. The Morgan fingerprint density at radius 3 is 2.89 bits per heavy atom. The van der Waals surface area contributed by atoms with E-state index in [1.807, 2.05) is 29.8 Å². The smallest absolute Gasteiger partial charge is 0.182 e. The second kappa shape index (κ2) is 4.08. The van der Waals surface area contributed by atoms with Crippen LogP contribution in [0.25, 0.3) is 11.4 Å². The number of aromatic nitrogens is 4. The van der Waals surface area contributed by atoms with E-state index in [2.05, 4.69) is 22.4 Å². The largest absolute Gasteiger partial charge is 0.398 e. The topological polar surface area (TPSA) is 69.6 Å². The molecule has 1 aliphatic carbocycles. The van der Waals surface area contributed by atoms with Gasteiger partial charge in [-0.3, -0.25) is 0 Å². The van der Waals surface area contributed by atoms with Crippen molar-refractivity contribution in [3.63, 3.8) is 0 Å². The average molecular weight is 243 g/mol. The Morgan fingerprint density at radius 2 is 2.17 bits per heavy atom.